The van der Waals surface area contributed by atoms with Crippen LogP contribution < -0.4 is 10.6 Å². The van der Waals surface area contributed by atoms with E-state index in [-0.39, 0.29) is 11.9 Å². The van der Waals surface area contributed by atoms with Gasteiger partial charge in [0.1, 0.15) is 12.1 Å². The zero-order valence-corrected chi connectivity index (χ0v) is 10.8. The van der Waals surface area contributed by atoms with Gasteiger partial charge in [0.15, 0.2) is 0 Å². The molecule has 0 aromatic heterocycles. The molecule has 1 unspecified atom stereocenters. The average Bonchev–Trinajstić information content (AvgIpc) is 2.77. The smallest absolute Gasteiger partial charge is 0.240 e. The predicted molar refractivity (Wildman–Crippen MR) is 68.4 cm³/mol. The van der Waals surface area contributed by atoms with E-state index >= 15 is 0 Å². The van der Waals surface area contributed by atoms with Crippen molar-refractivity contribution in [3.05, 3.63) is 28.2 Å². The van der Waals surface area contributed by atoms with Crippen molar-refractivity contribution in [1.29, 1.82) is 5.26 Å². The summed E-state index contributed by atoms with van der Waals surface area (Å²) in [6.45, 7) is 0.825. The first-order chi connectivity index (χ1) is 8.13. The summed E-state index contributed by atoms with van der Waals surface area (Å²) in [5.41, 5.74) is 6.89. The summed E-state index contributed by atoms with van der Waals surface area (Å²) < 4.78 is 0.743. The van der Waals surface area contributed by atoms with Crippen molar-refractivity contribution in [2.24, 2.45) is 5.73 Å². The number of hydrogen-bond acceptors (Lipinski definition) is 3. The Morgan fingerprint density at radius 1 is 1.59 bits per heavy atom. The fourth-order valence-electron chi connectivity index (χ4n) is 2.14. The summed E-state index contributed by atoms with van der Waals surface area (Å²) in [4.78, 5) is 13.3. The zero-order valence-electron chi connectivity index (χ0n) is 9.19. The van der Waals surface area contributed by atoms with Crippen LogP contribution in [0.25, 0.3) is 0 Å². The lowest BCUT2D eigenvalue weighted by Crippen LogP contribution is -2.40. The molecule has 1 atom stereocenters. The fraction of sp³-hybridized carbons (Fsp3) is 0.333. The summed E-state index contributed by atoms with van der Waals surface area (Å²) in [5, 5.41) is 8.85. The third-order valence-corrected chi connectivity index (χ3v) is 3.64. The van der Waals surface area contributed by atoms with Gasteiger partial charge in [-0.1, -0.05) is 0 Å². The summed E-state index contributed by atoms with van der Waals surface area (Å²) in [7, 11) is 0. The number of rotatable bonds is 2. The Hall–Kier alpha value is -1.54. The molecule has 1 aliphatic heterocycles. The number of carbonyl (C=O) groups is 1. The van der Waals surface area contributed by atoms with Crippen molar-refractivity contribution in [3.8, 4) is 6.07 Å². The summed E-state index contributed by atoms with van der Waals surface area (Å²) in [6, 6.07) is 7.32. The first-order valence-corrected chi connectivity index (χ1v) is 6.18. The van der Waals surface area contributed by atoms with Crippen LogP contribution in [-0.4, -0.2) is 18.5 Å². The number of amides is 1. The molecular formula is C12H12BrN3O. The molecule has 1 heterocycles. The molecule has 0 bridgehead atoms. The van der Waals surface area contributed by atoms with Crippen molar-refractivity contribution >= 4 is 27.5 Å². The third-order valence-electron chi connectivity index (χ3n) is 2.99. The van der Waals surface area contributed by atoms with E-state index < -0.39 is 0 Å². The van der Waals surface area contributed by atoms with Gasteiger partial charge in [-0.25, -0.2) is 0 Å². The van der Waals surface area contributed by atoms with E-state index in [1.54, 1.807) is 6.07 Å². The molecule has 2 rings (SSSR count). The van der Waals surface area contributed by atoms with E-state index in [1.807, 2.05) is 17.0 Å². The highest BCUT2D eigenvalue weighted by Gasteiger charge is 2.29. The number of anilines is 1. The first kappa shape index (κ1) is 11.9. The molecule has 17 heavy (non-hydrogen) atoms. The molecular weight excluding hydrogens is 282 g/mol. The normalized spacial score (nSPS) is 19.1. The minimum absolute atomic E-state index is 0.227. The number of benzene rings is 1. The molecule has 2 N–H and O–H groups in total. The van der Waals surface area contributed by atoms with Gasteiger partial charge in [0.2, 0.25) is 5.91 Å². The van der Waals surface area contributed by atoms with Gasteiger partial charge in [-0.3, -0.25) is 4.79 Å². The highest BCUT2D eigenvalue weighted by molar-refractivity contribution is 9.10. The monoisotopic (exact) mass is 293 g/mol. The lowest BCUT2D eigenvalue weighted by atomic mass is 10.1. The molecule has 0 aliphatic carbocycles. The Labute approximate surface area is 108 Å². The van der Waals surface area contributed by atoms with E-state index in [9.17, 15) is 4.79 Å². The van der Waals surface area contributed by atoms with E-state index in [0.29, 0.717) is 5.56 Å². The van der Waals surface area contributed by atoms with Gasteiger partial charge >= 0.3 is 0 Å². The summed E-state index contributed by atoms with van der Waals surface area (Å²) in [5.74, 6) is -0.289. The van der Waals surface area contributed by atoms with Gasteiger partial charge in [-0.15, -0.1) is 0 Å². The lowest BCUT2D eigenvalue weighted by molar-refractivity contribution is -0.119. The van der Waals surface area contributed by atoms with Crippen LogP contribution in [0.3, 0.4) is 0 Å². The standard InChI is InChI=1S/C12H12BrN3O/c13-10-6-9(4-3-8(10)7-14)16-5-1-2-11(16)12(15)17/h3-4,6,11H,1-2,5H2,(H2,15,17). The second-order valence-electron chi connectivity index (χ2n) is 4.03. The van der Waals surface area contributed by atoms with Crippen molar-refractivity contribution in [2.75, 3.05) is 11.4 Å². The molecule has 1 aliphatic rings. The van der Waals surface area contributed by atoms with Crippen molar-refractivity contribution in [1.82, 2.24) is 0 Å². The second kappa shape index (κ2) is 4.76. The highest BCUT2D eigenvalue weighted by Crippen LogP contribution is 2.29. The van der Waals surface area contributed by atoms with Gasteiger partial charge < -0.3 is 10.6 Å². The zero-order chi connectivity index (χ0) is 12.4. The van der Waals surface area contributed by atoms with Crippen LogP contribution in [0, 0.1) is 11.3 Å². The molecule has 1 saturated heterocycles. The average molecular weight is 294 g/mol. The molecule has 1 fully saturated rings. The van der Waals surface area contributed by atoms with E-state index in [1.165, 1.54) is 0 Å². The van der Waals surface area contributed by atoms with Crippen LogP contribution in [0.2, 0.25) is 0 Å². The van der Waals surface area contributed by atoms with Gasteiger partial charge in [-0.05, 0) is 47.0 Å². The number of primary amides is 1. The Morgan fingerprint density at radius 3 is 2.94 bits per heavy atom. The van der Waals surface area contributed by atoms with Gasteiger partial charge in [0.25, 0.3) is 0 Å². The largest absolute Gasteiger partial charge is 0.368 e. The number of nitrogens with zero attached hydrogens (tertiary/aromatic N) is 2. The Bertz CT molecular complexity index is 495. The van der Waals surface area contributed by atoms with Gasteiger partial charge in [0.05, 0.1) is 5.56 Å². The van der Waals surface area contributed by atoms with Crippen LogP contribution in [0.4, 0.5) is 5.69 Å². The van der Waals surface area contributed by atoms with Crippen molar-refractivity contribution in [2.45, 2.75) is 18.9 Å². The quantitative estimate of drug-likeness (QED) is 0.903. The molecule has 0 spiro atoms. The van der Waals surface area contributed by atoms with E-state index in [4.69, 9.17) is 11.0 Å². The Morgan fingerprint density at radius 2 is 2.35 bits per heavy atom. The van der Waals surface area contributed by atoms with Crippen LogP contribution in [-0.2, 0) is 4.79 Å². The number of nitrogens with two attached hydrogens (primary N) is 1. The SMILES string of the molecule is N#Cc1ccc(N2CCCC2C(N)=O)cc1Br. The maximum atomic E-state index is 11.3. The highest BCUT2D eigenvalue weighted by atomic mass is 79.9. The van der Waals surface area contributed by atoms with E-state index in [0.717, 1.165) is 29.5 Å². The Kier molecular flexibility index (Phi) is 3.34. The number of carbonyl (C=O) groups excluding carboxylic acids is 1. The Balaban J connectivity index is 2.31. The number of halogens is 1. The topological polar surface area (TPSA) is 70.1 Å². The minimum atomic E-state index is -0.289. The van der Waals surface area contributed by atoms with Crippen LogP contribution >= 0.6 is 15.9 Å². The molecule has 1 aromatic rings. The van der Waals surface area contributed by atoms with Crippen molar-refractivity contribution in [3.63, 3.8) is 0 Å². The van der Waals surface area contributed by atoms with E-state index in [2.05, 4.69) is 22.0 Å². The minimum Gasteiger partial charge on any atom is -0.368 e. The van der Waals surface area contributed by atoms with Gasteiger partial charge in [-0.2, -0.15) is 5.26 Å². The van der Waals surface area contributed by atoms with Crippen LogP contribution in [0.15, 0.2) is 22.7 Å². The third kappa shape index (κ3) is 2.27. The predicted octanol–water partition coefficient (Wildman–Crippen LogP) is 1.77. The van der Waals surface area contributed by atoms with Crippen LogP contribution in [0.1, 0.15) is 18.4 Å². The maximum absolute atomic E-state index is 11.3. The molecule has 5 heteroatoms. The second-order valence-corrected chi connectivity index (χ2v) is 4.88. The molecule has 0 saturated carbocycles. The number of nitriles is 1. The first-order valence-electron chi connectivity index (χ1n) is 5.39. The molecule has 0 radical (unpaired) electrons. The molecule has 4 nitrogen and oxygen atoms in total. The summed E-state index contributed by atoms with van der Waals surface area (Å²) >= 11 is 3.35. The molecule has 88 valence electrons. The van der Waals surface area contributed by atoms with Crippen LogP contribution in [0.5, 0.6) is 0 Å². The molecule has 1 amide bonds. The van der Waals surface area contributed by atoms with Crippen molar-refractivity contribution < 1.29 is 4.79 Å². The summed E-state index contributed by atoms with van der Waals surface area (Å²) in [6.07, 6.45) is 1.76. The lowest BCUT2D eigenvalue weighted by Gasteiger charge is -2.24. The number of hydrogen-bond donors (Lipinski definition) is 1. The fourth-order valence-corrected chi connectivity index (χ4v) is 2.60. The maximum Gasteiger partial charge on any atom is 0.240 e. The molecule has 1 aromatic carbocycles. The van der Waals surface area contributed by atoms with Gasteiger partial charge in [0, 0.05) is 16.7 Å².